The summed E-state index contributed by atoms with van der Waals surface area (Å²) in [7, 11) is 1.65. The van der Waals surface area contributed by atoms with Crippen molar-refractivity contribution in [2.75, 3.05) is 7.11 Å². The van der Waals surface area contributed by atoms with Gasteiger partial charge < -0.3 is 9.84 Å². The molecule has 0 aromatic heterocycles. The van der Waals surface area contributed by atoms with E-state index in [0.717, 1.165) is 24.2 Å². The summed E-state index contributed by atoms with van der Waals surface area (Å²) >= 11 is 0. The molecule has 0 fully saturated rings. The number of aliphatic carboxylic acids is 1. The van der Waals surface area contributed by atoms with Crippen LogP contribution in [0.2, 0.25) is 0 Å². The molecule has 0 aliphatic heterocycles. The molecule has 0 heterocycles. The number of methoxy groups -OCH3 is 1. The number of carbonyl (C=O) groups is 1. The molecular formula is C15H20O3. The molecule has 1 aromatic rings. The molecule has 2 rings (SSSR count). The van der Waals surface area contributed by atoms with Gasteiger partial charge in [0.25, 0.3) is 0 Å². The first kappa shape index (κ1) is 12.9. The number of fused-ring (bicyclic) bond motifs is 1. The second-order valence-electron chi connectivity index (χ2n) is 5.63. The van der Waals surface area contributed by atoms with E-state index in [1.165, 1.54) is 17.5 Å². The first-order valence-electron chi connectivity index (χ1n) is 6.36. The van der Waals surface area contributed by atoms with Crippen LogP contribution in [-0.4, -0.2) is 18.2 Å². The second kappa shape index (κ2) is 4.63. The minimum Gasteiger partial charge on any atom is -0.496 e. The average molecular weight is 248 g/mol. The smallest absolute Gasteiger partial charge is 0.304 e. The molecule has 0 unspecified atom stereocenters. The van der Waals surface area contributed by atoms with Gasteiger partial charge in [-0.25, -0.2) is 0 Å². The molecular weight excluding hydrogens is 228 g/mol. The summed E-state index contributed by atoms with van der Waals surface area (Å²) in [5, 5.41) is 9.03. The number of hydrogen-bond donors (Lipinski definition) is 1. The monoisotopic (exact) mass is 248 g/mol. The van der Waals surface area contributed by atoms with Crippen molar-refractivity contribution < 1.29 is 14.6 Å². The Balaban J connectivity index is 2.46. The molecule has 0 atom stereocenters. The first-order chi connectivity index (χ1) is 8.44. The van der Waals surface area contributed by atoms with Crippen LogP contribution >= 0.6 is 0 Å². The minimum absolute atomic E-state index is 0.113. The normalized spacial score (nSPS) is 14.4. The lowest BCUT2D eigenvalue weighted by Crippen LogP contribution is -2.22. The third-order valence-corrected chi connectivity index (χ3v) is 3.74. The van der Waals surface area contributed by atoms with Gasteiger partial charge >= 0.3 is 5.97 Å². The Hall–Kier alpha value is -1.51. The van der Waals surface area contributed by atoms with Crippen molar-refractivity contribution in [2.24, 2.45) is 0 Å². The van der Waals surface area contributed by atoms with Gasteiger partial charge in [0.15, 0.2) is 0 Å². The van der Waals surface area contributed by atoms with Crippen molar-refractivity contribution in [2.45, 2.75) is 44.9 Å². The third-order valence-electron chi connectivity index (χ3n) is 3.74. The number of carboxylic acids is 1. The van der Waals surface area contributed by atoms with Gasteiger partial charge in [-0.3, -0.25) is 4.79 Å². The van der Waals surface area contributed by atoms with Gasteiger partial charge in [0.1, 0.15) is 5.75 Å². The van der Waals surface area contributed by atoms with Crippen LogP contribution in [0.3, 0.4) is 0 Å². The topological polar surface area (TPSA) is 46.5 Å². The van der Waals surface area contributed by atoms with Crippen molar-refractivity contribution in [1.82, 2.24) is 0 Å². The number of benzene rings is 1. The molecule has 1 aliphatic carbocycles. The molecule has 3 heteroatoms. The SMILES string of the molecule is COc1cc2c(cc1C(C)(C)CC(=O)O)CCC2. The lowest BCUT2D eigenvalue weighted by molar-refractivity contribution is -0.138. The van der Waals surface area contributed by atoms with Crippen LogP contribution in [0.1, 0.15) is 43.4 Å². The molecule has 1 aliphatic rings. The number of hydrogen-bond acceptors (Lipinski definition) is 2. The highest BCUT2D eigenvalue weighted by molar-refractivity contribution is 5.69. The molecule has 1 aromatic carbocycles. The molecule has 0 radical (unpaired) electrons. The number of rotatable bonds is 4. The number of carboxylic acid groups (broad SMARTS) is 1. The Morgan fingerprint density at radius 1 is 1.33 bits per heavy atom. The van der Waals surface area contributed by atoms with Crippen LogP contribution in [0, 0.1) is 0 Å². The molecule has 1 N–H and O–H groups in total. The van der Waals surface area contributed by atoms with E-state index in [4.69, 9.17) is 9.84 Å². The number of ether oxygens (including phenoxy) is 1. The van der Waals surface area contributed by atoms with E-state index in [2.05, 4.69) is 12.1 Å². The summed E-state index contributed by atoms with van der Waals surface area (Å²) in [6, 6.07) is 4.23. The molecule has 3 nitrogen and oxygen atoms in total. The van der Waals surface area contributed by atoms with Gasteiger partial charge in [-0.05, 0) is 36.5 Å². The molecule has 0 amide bonds. The van der Waals surface area contributed by atoms with E-state index in [1.807, 2.05) is 13.8 Å². The maximum absolute atomic E-state index is 11.0. The molecule has 0 saturated heterocycles. The fourth-order valence-corrected chi connectivity index (χ4v) is 2.77. The van der Waals surface area contributed by atoms with Crippen molar-refractivity contribution in [3.8, 4) is 5.75 Å². The molecule has 0 bridgehead atoms. The van der Waals surface area contributed by atoms with Gasteiger partial charge in [0.2, 0.25) is 0 Å². The summed E-state index contributed by atoms with van der Waals surface area (Å²) in [6.07, 6.45) is 3.49. The Bertz CT molecular complexity index is 475. The summed E-state index contributed by atoms with van der Waals surface area (Å²) in [5.41, 5.74) is 3.30. The van der Waals surface area contributed by atoms with E-state index in [1.54, 1.807) is 7.11 Å². The largest absolute Gasteiger partial charge is 0.496 e. The predicted molar refractivity (Wildman–Crippen MR) is 70.3 cm³/mol. The van der Waals surface area contributed by atoms with E-state index < -0.39 is 11.4 Å². The highest BCUT2D eigenvalue weighted by Gasteiger charge is 2.29. The highest BCUT2D eigenvalue weighted by Crippen LogP contribution is 2.38. The lowest BCUT2D eigenvalue weighted by atomic mass is 9.80. The Morgan fingerprint density at radius 2 is 1.94 bits per heavy atom. The fourth-order valence-electron chi connectivity index (χ4n) is 2.77. The lowest BCUT2D eigenvalue weighted by Gasteiger charge is -2.26. The van der Waals surface area contributed by atoms with Crippen LogP contribution < -0.4 is 4.74 Å². The standard InChI is InChI=1S/C15H20O3/c1-15(2,9-14(16)17)12-7-10-5-4-6-11(10)8-13(12)18-3/h7-8H,4-6,9H2,1-3H3,(H,16,17). The zero-order chi connectivity index (χ0) is 13.3. The van der Waals surface area contributed by atoms with Gasteiger partial charge in [-0.2, -0.15) is 0 Å². The average Bonchev–Trinajstić information content (AvgIpc) is 2.72. The number of aryl methyl sites for hydroxylation is 2. The van der Waals surface area contributed by atoms with Crippen LogP contribution in [0.15, 0.2) is 12.1 Å². The summed E-state index contributed by atoms with van der Waals surface area (Å²) < 4.78 is 5.45. The quantitative estimate of drug-likeness (QED) is 0.891. The summed E-state index contributed by atoms with van der Waals surface area (Å²) in [5.74, 6) is 0.0458. The Kier molecular flexibility index (Phi) is 3.33. The van der Waals surface area contributed by atoms with Crippen LogP contribution in [0.5, 0.6) is 5.75 Å². The summed E-state index contributed by atoms with van der Waals surface area (Å²) in [6.45, 7) is 3.92. The van der Waals surface area contributed by atoms with Gasteiger partial charge in [0, 0.05) is 11.0 Å². The van der Waals surface area contributed by atoms with Gasteiger partial charge in [-0.1, -0.05) is 19.9 Å². The van der Waals surface area contributed by atoms with E-state index in [0.29, 0.717) is 0 Å². The molecule has 0 saturated carbocycles. The maximum atomic E-state index is 11.0. The van der Waals surface area contributed by atoms with Crippen molar-refractivity contribution in [3.05, 3.63) is 28.8 Å². The predicted octanol–water partition coefficient (Wildman–Crippen LogP) is 2.94. The Labute approximate surface area is 108 Å². The van der Waals surface area contributed by atoms with E-state index in [-0.39, 0.29) is 6.42 Å². The van der Waals surface area contributed by atoms with Crippen LogP contribution in [0.25, 0.3) is 0 Å². The zero-order valence-electron chi connectivity index (χ0n) is 11.2. The molecule has 0 spiro atoms. The molecule has 18 heavy (non-hydrogen) atoms. The first-order valence-corrected chi connectivity index (χ1v) is 6.36. The van der Waals surface area contributed by atoms with E-state index in [9.17, 15) is 4.79 Å². The van der Waals surface area contributed by atoms with Gasteiger partial charge in [-0.15, -0.1) is 0 Å². The van der Waals surface area contributed by atoms with Crippen molar-refractivity contribution >= 4 is 5.97 Å². The van der Waals surface area contributed by atoms with Crippen molar-refractivity contribution in [1.29, 1.82) is 0 Å². The van der Waals surface area contributed by atoms with Crippen LogP contribution in [-0.2, 0) is 23.1 Å². The van der Waals surface area contributed by atoms with Crippen LogP contribution in [0.4, 0.5) is 0 Å². The van der Waals surface area contributed by atoms with Crippen molar-refractivity contribution in [3.63, 3.8) is 0 Å². The third kappa shape index (κ3) is 2.35. The minimum atomic E-state index is -0.775. The fraction of sp³-hybridized carbons (Fsp3) is 0.533. The summed E-state index contributed by atoms with van der Waals surface area (Å²) in [4.78, 5) is 11.0. The van der Waals surface area contributed by atoms with E-state index >= 15 is 0 Å². The maximum Gasteiger partial charge on any atom is 0.304 e. The van der Waals surface area contributed by atoms with Gasteiger partial charge in [0.05, 0.1) is 13.5 Å². The zero-order valence-corrected chi connectivity index (χ0v) is 11.2. The molecule has 98 valence electrons. The Morgan fingerprint density at radius 3 is 2.50 bits per heavy atom. The second-order valence-corrected chi connectivity index (χ2v) is 5.63. The highest BCUT2D eigenvalue weighted by atomic mass is 16.5.